The third-order valence-corrected chi connectivity index (χ3v) is 8.89. The fraction of sp³-hybridized carbons (Fsp3) is 0.241. The third kappa shape index (κ3) is 4.46. The second kappa shape index (κ2) is 9.27. The van der Waals surface area contributed by atoms with Crippen molar-refractivity contribution in [3.63, 3.8) is 0 Å². The maximum absolute atomic E-state index is 12.8. The number of ether oxygens (including phenoxy) is 1. The van der Waals surface area contributed by atoms with Crippen LogP contribution in [0.1, 0.15) is 37.8 Å². The first-order valence-corrected chi connectivity index (χ1v) is 13.3. The zero-order valence-corrected chi connectivity index (χ0v) is 21.4. The first-order valence-electron chi connectivity index (χ1n) is 11.4. The Balaban J connectivity index is 2.16. The van der Waals surface area contributed by atoms with Crippen molar-refractivity contribution in [2.24, 2.45) is 0 Å². The molecule has 0 saturated heterocycles. The summed E-state index contributed by atoms with van der Waals surface area (Å²) < 4.78 is 29.5. The number of rotatable bonds is 6. The van der Waals surface area contributed by atoms with E-state index in [2.05, 4.69) is 4.98 Å². The van der Waals surface area contributed by atoms with Gasteiger partial charge in [0.15, 0.2) is 9.84 Å². The molecule has 6 heteroatoms. The molecule has 0 aliphatic rings. The lowest BCUT2D eigenvalue weighted by molar-refractivity contribution is -0.141. The number of sulfone groups is 1. The van der Waals surface area contributed by atoms with Gasteiger partial charge in [0.05, 0.1) is 23.3 Å². The Hall–Kier alpha value is -3.51. The molecule has 1 heterocycles. The van der Waals surface area contributed by atoms with Crippen LogP contribution in [0.3, 0.4) is 0 Å². The van der Waals surface area contributed by atoms with E-state index in [0.29, 0.717) is 5.56 Å². The minimum atomic E-state index is -3.42. The minimum absolute atomic E-state index is 0.346. The van der Waals surface area contributed by atoms with Gasteiger partial charge >= 0.3 is 5.97 Å². The summed E-state index contributed by atoms with van der Waals surface area (Å²) in [7, 11) is -2.04. The van der Waals surface area contributed by atoms with Gasteiger partial charge in [-0.15, -0.1) is 0 Å². The molecular formula is C29H29NO4S. The van der Waals surface area contributed by atoms with E-state index in [1.54, 1.807) is 20.0 Å². The number of fused-ring (bicyclic) bond motifs is 1. The summed E-state index contributed by atoms with van der Waals surface area (Å²) in [5.74, 6) is -0.884. The second-order valence-electron chi connectivity index (χ2n) is 9.26. The third-order valence-electron chi connectivity index (χ3n) is 6.80. The smallest absolute Gasteiger partial charge is 0.312 e. The van der Waals surface area contributed by atoms with Crippen molar-refractivity contribution in [3.8, 4) is 22.3 Å². The van der Waals surface area contributed by atoms with Crippen molar-refractivity contribution in [1.29, 1.82) is 0 Å². The number of hydrogen-bond donors (Lipinski definition) is 0. The summed E-state index contributed by atoms with van der Waals surface area (Å²) in [5.41, 5.74) is 5.72. The monoisotopic (exact) mass is 487 g/mol. The largest absolute Gasteiger partial charge is 0.469 e. The van der Waals surface area contributed by atoms with Crippen LogP contribution >= 0.6 is 0 Å². The molecule has 0 spiro atoms. The van der Waals surface area contributed by atoms with Crippen LogP contribution in [0.2, 0.25) is 0 Å². The maximum Gasteiger partial charge on any atom is 0.312 e. The highest BCUT2D eigenvalue weighted by atomic mass is 32.2. The Labute approximate surface area is 206 Å². The van der Waals surface area contributed by atoms with Crippen LogP contribution in [0.4, 0.5) is 0 Å². The topological polar surface area (TPSA) is 73.3 Å². The molecule has 0 aliphatic carbocycles. The van der Waals surface area contributed by atoms with Gasteiger partial charge in [0, 0.05) is 23.4 Å². The average Bonchev–Trinajstić information content (AvgIpc) is 2.86. The number of carbonyl (C=O) groups is 1. The Bertz CT molecular complexity index is 1510. The summed E-state index contributed by atoms with van der Waals surface area (Å²) in [6, 6.07) is 23.4. The molecule has 0 amide bonds. The minimum Gasteiger partial charge on any atom is -0.469 e. The van der Waals surface area contributed by atoms with Crippen molar-refractivity contribution in [2.75, 3.05) is 13.4 Å². The summed E-state index contributed by atoms with van der Waals surface area (Å²) in [5, 5.41) is 0.830. The van der Waals surface area contributed by atoms with Crippen LogP contribution in [-0.2, 0) is 24.1 Å². The number of hydrogen-bond acceptors (Lipinski definition) is 5. The molecule has 0 radical (unpaired) electrons. The van der Waals surface area contributed by atoms with Crippen molar-refractivity contribution in [3.05, 3.63) is 90.1 Å². The van der Waals surface area contributed by atoms with E-state index < -0.39 is 20.5 Å². The average molecular weight is 488 g/mol. The maximum atomic E-state index is 12.8. The molecule has 1 atom stereocenters. The molecule has 35 heavy (non-hydrogen) atoms. The SMILES string of the molecule is COC(=O)C(C)c1cccc(-c2ccccc2)c1-c1cc(C(C)(C)S(C)(=O)=O)cc2cccnc12. The molecule has 1 unspecified atom stereocenters. The number of methoxy groups -OCH3 is 1. The van der Waals surface area contributed by atoms with Gasteiger partial charge in [-0.05, 0) is 66.8 Å². The second-order valence-corrected chi connectivity index (χ2v) is 11.8. The normalized spacial score (nSPS) is 12.9. The molecule has 4 aromatic rings. The number of aromatic nitrogens is 1. The molecule has 1 aromatic heterocycles. The van der Waals surface area contributed by atoms with E-state index in [9.17, 15) is 13.2 Å². The van der Waals surface area contributed by atoms with E-state index in [-0.39, 0.29) is 5.97 Å². The Morgan fingerprint density at radius 2 is 1.66 bits per heavy atom. The van der Waals surface area contributed by atoms with E-state index in [0.717, 1.165) is 38.7 Å². The highest BCUT2D eigenvalue weighted by Gasteiger charge is 2.34. The fourth-order valence-electron chi connectivity index (χ4n) is 4.34. The highest BCUT2D eigenvalue weighted by molar-refractivity contribution is 7.91. The molecule has 0 bridgehead atoms. The van der Waals surface area contributed by atoms with Gasteiger partial charge in [0.25, 0.3) is 0 Å². The molecule has 3 aromatic carbocycles. The molecule has 180 valence electrons. The van der Waals surface area contributed by atoms with Gasteiger partial charge in [-0.25, -0.2) is 8.42 Å². The summed E-state index contributed by atoms with van der Waals surface area (Å²) >= 11 is 0. The van der Waals surface area contributed by atoms with E-state index in [1.165, 1.54) is 13.4 Å². The number of nitrogens with zero attached hydrogens (tertiary/aromatic N) is 1. The van der Waals surface area contributed by atoms with E-state index >= 15 is 0 Å². The van der Waals surface area contributed by atoms with E-state index in [1.807, 2.05) is 79.7 Å². The van der Waals surface area contributed by atoms with Gasteiger partial charge in [0.2, 0.25) is 0 Å². The number of benzene rings is 3. The zero-order valence-electron chi connectivity index (χ0n) is 20.6. The number of pyridine rings is 1. The van der Waals surface area contributed by atoms with Gasteiger partial charge in [-0.3, -0.25) is 9.78 Å². The van der Waals surface area contributed by atoms with Crippen molar-refractivity contribution < 1.29 is 17.9 Å². The van der Waals surface area contributed by atoms with Crippen LogP contribution in [-0.4, -0.2) is 32.7 Å². The Morgan fingerprint density at radius 3 is 2.31 bits per heavy atom. The van der Waals surface area contributed by atoms with Crippen molar-refractivity contribution in [1.82, 2.24) is 4.98 Å². The Morgan fingerprint density at radius 1 is 0.943 bits per heavy atom. The van der Waals surface area contributed by atoms with E-state index in [4.69, 9.17) is 4.74 Å². The van der Waals surface area contributed by atoms with Gasteiger partial charge in [-0.1, -0.05) is 54.6 Å². The van der Waals surface area contributed by atoms with Crippen LogP contribution in [0.15, 0.2) is 79.0 Å². The fourth-order valence-corrected chi connectivity index (χ4v) is 4.88. The number of carbonyl (C=O) groups excluding carboxylic acids is 1. The molecule has 5 nitrogen and oxygen atoms in total. The van der Waals surface area contributed by atoms with Gasteiger partial charge in [0.1, 0.15) is 0 Å². The predicted octanol–water partition coefficient (Wildman–Crippen LogP) is 6.13. The Kier molecular flexibility index (Phi) is 6.52. The lowest BCUT2D eigenvalue weighted by atomic mass is 9.83. The lowest BCUT2D eigenvalue weighted by Gasteiger charge is -2.26. The first kappa shape index (κ1) is 24.6. The molecular weight excluding hydrogens is 458 g/mol. The summed E-state index contributed by atoms with van der Waals surface area (Å²) in [4.78, 5) is 17.3. The summed E-state index contributed by atoms with van der Waals surface area (Å²) in [6.45, 7) is 5.24. The molecule has 0 fully saturated rings. The van der Waals surface area contributed by atoms with Crippen molar-refractivity contribution in [2.45, 2.75) is 31.4 Å². The van der Waals surface area contributed by atoms with Crippen LogP contribution in [0.5, 0.6) is 0 Å². The first-order chi connectivity index (χ1) is 16.6. The van der Waals surface area contributed by atoms with Crippen LogP contribution in [0.25, 0.3) is 33.2 Å². The standard InChI is InChI=1S/C29H29NO4S/c1-19(28(31)34-4)23-14-9-15-24(20-11-7-6-8-12-20)26(23)25-18-22(29(2,3)35(5,32)33)17-21-13-10-16-30-27(21)25/h6-19H,1-5H3. The quantitative estimate of drug-likeness (QED) is 0.306. The number of esters is 1. The molecule has 0 N–H and O–H groups in total. The zero-order chi connectivity index (χ0) is 25.4. The summed E-state index contributed by atoms with van der Waals surface area (Å²) in [6.07, 6.45) is 2.98. The highest BCUT2D eigenvalue weighted by Crippen LogP contribution is 2.43. The molecule has 4 rings (SSSR count). The molecule has 0 saturated carbocycles. The van der Waals surface area contributed by atoms with Gasteiger partial charge < -0.3 is 4.74 Å². The van der Waals surface area contributed by atoms with Gasteiger partial charge in [-0.2, -0.15) is 0 Å². The predicted molar refractivity (Wildman–Crippen MR) is 141 cm³/mol. The molecule has 0 aliphatic heterocycles. The van der Waals surface area contributed by atoms with Crippen LogP contribution in [0, 0.1) is 0 Å². The lowest BCUT2D eigenvalue weighted by Crippen LogP contribution is -2.28. The van der Waals surface area contributed by atoms with Crippen LogP contribution < -0.4 is 0 Å². The van der Waals surface area contributed by atoms with Crippen molar-refractivity contribution >= 4 is 26.7 Å².